The van der Waals surface area contributed by atoms with E-state index in [1.807, 2.05) is 0 Å². The zero-order valence-corrected chi connectivity index (χ0v) is 10.1. The van der Waals surface area contributed by atoms with Gasteiger partial charge in [-0.15, -0.1) is 0 Å². The van der Waals surface area contributed by atoms with Crippen LogP contribution in [-0.4, -0.2) is 19.3 Å². The van der Waals surface area contributed by atoms with Gasteiger partial charge in [-0.1, -0.05) is 6.08 Å². The van der Waals surface area contributed by atoms with Crippen LogP contribution in [-0.2, 0) is 0 Å². The summed E-state index contributed by atoms with van der Waals surface area (Å²) < 4.78 is 64.6. The zero-order chi connectivity index (χ0) is 14.9. The van der Waals surface area contributed by atoms with Crippen LogP contribution in [0.4, 0.5) is 27.6 Å². The van der Waals surface area contributed by atoms with Crippen molar-refractivity contribution < 1.29 is 22.0 Å². The van der Waals surface area contributed by atoms with Crippen LogP contribution >= 0.6 is 0 Å². The maximum absolute atomic E-state index is 13.8. The van der Waals surface area contributed by atoms with Crippen LogP contribution in [0, 0.1) is 23.0 Å². The van der Waals surface area contributed by atoms with E-state index in [4.69, 9.17) is 5.26 Å². The molecule has 0 atom stereocenters. The number of benzene rings is 1. The number of nitrogens with zero attached hydrogens (tertiary/aromatic N) is 2. The number of hydrogen-bond acceptors (Lipinski definition) is 2. The third-order valence-electron chi connectivity index (χ3n) is 3.10. The fourth-order valence-corrected chi connectivity index (χ4v) is 2.02. The Morgan fingerprint density at radius 3 is 2.35 bits per heavy atom. The van der Waals surface area contributed by atoms with E-state index in [1.165, 1.54) is 17.0 Å². The molecule has 1 aromatic rings. The lowest BCUT2D eigenvalue weighted by Crippen LogP contribution is -2.32. The molecule has 7 heteroatoms. The fourth-order valence-electron chi connectivity index (χ4n) is 2.02. The Morgan fingerprint density at radius 2 is 1.85 bits per heavy atom. The first-order valence-corrected chi connectivity index (χ1v) is 5.74. The van der Waals surface area contributed by atoms with Crippen LogP contribution in [0.5, 0.6) is 0 Å². The molecular weight excluding hydrogens is 279 g/mol. The molecule has 1 aliphatic heterocycles. The molecule has 106 valence electrons. The average Bonchev–Trinajstić information content (AvgIpc) is 2.41. The van der Waals surface area contributed by atoms with Crippen LogP contribution in [0.15, 0.2) is 23.8 Å². The van der Waals surface area contributed by atoms with Crippen molar-refractivity contribution in [3.63, 3.8) is 0 Å². The van der Waals surface area contributed by atoms with Crippen molar-refractivity contribution in [3.8, 4) is 6.07 Å². The largest absolute Gasteiger partial charge is 0.412 e. The summed E-state index contributed by atoms with van der Waals surface area (Å²) in [6, 6.07) is 3.80. The Labute approximate surface area is 111 Å². The number of anilines is 1. The lowest BCUT2D eigenvalue weighted by atomic mass is 10.1. The van der Waals surface area contributed by atoms with Crippen LogP contribution in [0.25, 0.3) is 0 Å². The van der Waals surface area contributed by atoms with Crippen molar-refractivity contribution in [2.75, 3.05) is 18.0 Å². The molecule has 1 aromatic carbocycles. The molecule has 0 saturated carbocycles. The van der Waals surface area contributed by atoms with E-state index in [0.29, 0.717) is 0 Å². The molecule has 0 aromatic heterocycles. The van der Waals surface area contributed by atoms with Gasteiger partial charge >= 0.3 is 6.18 Å². The van der Waals surface area contributed by atoms with Crippen molar-refractivity contribution >= 4 is 5.69 Å². The maximum atomic E-state index is 13.8. The molecule has 0 spiro atoms. The summed E-state index contributed by atoms with van der Waals surface area (Å²) in [6.45, 7) is -0.218. The quantitative estimate of drug-likeness (QED) is 0.584. The summed E-state index contributed by atoms with van der Waals surface area (Å²) in [6.07, 6.45) is -3.72. The molecule has 0 radical (unpaired) electrons. The number of alkyl halides is 3. The van der Waals surface area contributed by atoms with Gasteiger partial charge in [0.1, 0.15) is 6.07 Å². The standard InChI is InChI=1S/C13H9F5N2/c14-11-8(7-19)1-2-10(12(11)15)20-5-3-9(4-6-20)13(16,17)18/h1-3H,4-6H2. The number of hydrogen-bond donors (Lipinski definition) is 0. The predicted octanol–water partition coefficient (Wildman–Crippen LogP) is 3.54. The lowest BCUT2D eigenvalue weighted by molar-refractivity contribution is -0.0944. The Morgan fingerprint density at radius 1 is 1.15 bits per heavy atom. The van der Waals surface area contributed by atoms with Gasteiger partial charge in [0.2, 0.25) is 0 Å². The predicted molar refractivity (Wildman–Crippen MR) is 62.0 cm³/mol. The Balaban J connectivity index is 2.26. The van der Waals surface area contributed by atoms with E-state index in [9.17, 15) is 22.0 Å². The number of rotatable bonds is 1. The summed E-state index contributed by atoms with van der Waals surface area (Å²) in [4.78, 5) is 1.30. The first-order chi connectivity index (χ1) is 9.34. The van der Waals surface area contributed by atoms with Gasteiger partial charge in [-0.2, -0.15) is 18.4 Å². The van der Waals surface area contributed by atoms with Crippen LogP contribution in [0.3, 0.4) is 0 Å². The normalized spacial score (nSPS) is 15.8. The molecule has 0 aliphatic carbocycles. The number of nitriles is 1. The van der Waals surface area contributed by atoms with Crippen molar-refractivity contribution in [1.82, 2.24) is 0 Å². The zero-order valence-electron chi connectivity index (χ0n) is 10.1. The van der Waals surface area contributed by atoms with E-state index in [-0.39, 0.29) is 25.2 Å². The summed E-state index contributed by atoms with van der Waals surface area (Å²) in [5, 5.41) is 8.56. The minimum absolute atomic E-state index is 0.0619. The Kier molecular flexibility index (Phi) is 3.66. The molecule has 0 unspecified atom stereocenters. The molecule has 0 saturated heterocycles. The summed E-state index contributed by atoms with van der Waals surface area (Å²) in [5.74, 6) is -2.50. The maximum Gasteiger partial charge on any atom is 0.412 e. The highest BCUT2D eigenvalue weighted by molar-refractivity contribution is 5.53. The molecule has 1 aliphatic rings. The summed E-state index contributed by atoms with van der Waals surface area (Å²) >= 11 is 0. The highest BCUT2D eigenvalue weighted by Gasteiger charge is 2.35. The van der Waals surface area contributed by atoms with Gasteiger partial charge in [0.15, 0.2) is 11.6 Å². The van der Waals surface area contributed by atoms with E-state index in [0.717, 1.165) is 12.1 Å². The molecule has 0 amide bonds. The second-order valence-corrected chi connectivity index (χ2v) is 4.30. The average molecular weight is 288 g/mol. The van der Waals surface area contributed by atoms with Gasteiger partial charge in [0.05, 0.1) is 11.3 Å². The molecular formula is C13H9F5N2. The Hall–Kier alpha value is -2.10. The SMILES string of the molecule is N#Cc1ccc(N2CC=C(C(F)(F)F)CC2)c(F)c1F. The van der Waals surface area contributed by atoms with E-state index >= 15 is 0 Å². The lowest BCUT2D eigenvalue weighted by Gasteiger charge is -2.29. The second kappa shape index (κ2) is 5.12. The van der Waals surface area contributed by atoms with Crippen molar-refractivity contribution in [2.24, 2.45) is 0 Å². The van der Waals surface area contributed by atoms with Crippen molar-refractivity contribution in [2.45, 2.75) is 12.6 Å². The highest BCUT2D eigenvalue weighted by atomic mass is 19.4. The topological polar surface area (TPSA) is 27.0 Å². The number of halogens is 5. The molecule has 0 bridgehead atoms. The van der Waals surface area contributed by atoms with E-state index in [1.54, 1.807) is 0 Å². The summed E-state index contributed by atoms with van der Waals surface area (Å²) in [7, 11) is 0. The highest BCUT2D eigenvalue weighted by Crippen LogP contribution is 2.32. The minimum atomic E-state index is -4.39. The first kappa shape index (κ1) is 14.3. The van der Waals surface area contributed by atoms with Crippen LogP contribution < -0.4 is 4.90 Å². The van der Waals surface area contributed by atoms with Crippen LogP contribution in [0.1, 0.15) is 12.0 Å². The first-order valence-electron chi connectivity index (χ1n) is 5.74. The monoisotopic (exact) mass is 288 g/mol. The molecule has 2 nitrogen and oxygen atoms in total. The van der Waals surface area contributed by atoms with Crippen LogP contribution in [0.2, 0.25) is 0 Å². The minimum Gasteiger partial charge on any atom is -0.365 e. The van der Waals surface area contributed by atoms with Gasteiger partial charge in [-0.05, 0) is 18.6 Å². The van der Waals surface area contributed by atoms with Gasteiger partial charge < -0.3 is 4.90 Å². The molecule has 20 heavy (non-hydrogen) atoms. The summed E-state index contributed by atoms with van der Waals surface area (Å²) in [5.41, 5.74) is -1.24. The van der Waals surface area contributed by atoms with Crippen molar-refractivity contribution in [3.05, 3.63) is 41.0 Å². The smallest absolute Gasteiger partial charge is 0.365 e. The molecule has 1 heterocycles. The van der Waals surface area contributed by atoms with Gasteiger partial charge in [-0.3, -0.25) is 0 Å². The van der Waals surface area contributed by atoms with E-state index < -0.39 is 28.9 Å². The molecule has 2 rings (SSSR count). The fraction of sp³-hybridized carbons (Fsp3) is 0.308. The second-order valence-electron chi connectivity index (χ2n) is 4.30. The van der Waals surface area contributed by atoms with Gasteiger partial charge in [0.25, 0.3) is 0 Å². The van der Waals surface area contributed by atoms with Crippen molar-refractivity contribution in [1.29, 1.82) is 5.26 Å². The molecule has 0 fully saturated rings. The van der Waals surface area contributed by atoms with Gasteiger partial charge in [-0.25, -0.2) is 8.78 Å². The van der Waals surface area contributed by atoms with Gasteiger partial charge in [0, 0.05) is 18.7 Å². The third-order valence-corrected chi connectivity index (χ3v) is 3.10. The molecule has 0 N–H and O–H groups in total. The third kappa shape index (κ3) is 2.59. The Bertz CT molecular complexity index is 598. The van der Waals surface area contributed by atoms with E-state index in [2.05, 4.69) is 0 Å².